The Morgan fingerprint density at radius 2 is 1.50 bits per heavy atom. The van der Waals surface area contributed by atoms with E-state index in [9.17, 15) is 4.79 Å². The fourth-order valence-corrected chi connectivity index (χ4v) is 1.75. The molecule has 18 heavy (non-hydrogen) atoms. The van der Waals surface area contributed by atoms with E-state index in [-0.39, 0.29) is 5.91 Å². The van der Waals surface area contributed by atoms with Gasteiger partial charge < -0.3 is 5.32 Å². The van der Waals surface area contributed by atoms with Gasteiger partial charge in [0.2, 0.25) is 0 Å². The molecule has 2 rings (SSSR count). The number of hydrogen-bond donors (Lipinski definition) is 1. The molecule has 1 N–H and O–H groups in total. The number of carbonyl (C=O) groups excluding carboxylic acids is 1. The average Bonchev–Trinajstić information content (AvgIpc) is 2.46. The predicted octanol–water partition coefficient (Wildman–Crippen LogP) is 2.97. The van der Waals surface area contributed by atoms with E-state index in [0.717, 1.165) is 11.1 Å². The van der Waals surface area contributed by atoms with Crippen LogP contribution in [0.25, 0.3) is 11.6 Å². The van der Waals surface area contributed by atoms with Crippen molar-refractivity contribution in [2.45, 2.75) is 0 Å². The van der Waals surface area contributed by atoms with Crippen LogP contribution in [0.4, 0.5) is 0 Å². The van der Waals surface area contributed by atoms with Crippen LogP contribution in [-0.2, 0) is 4.79 Å². The summed E-state index contributed by atoms with van der Waals surface area (Å²) in [5, 5.41) is 2.68. The Hall–Kier alpha value is -2.35. The van der Waals surface area contributed by atoms with Crippen LogP contribution in [0.5, 0.6) is 0 Å². The van der Waals surface area contributed by atoms with Gasteiger partial charge in [-0.1, -0.05) is 60.7 Å². The zero-order valence-electron chi connectivity index (χ0n) is 10.3. The van der Waals surface area contributed by atoms with Crippen LogP contribution >= 0.6 is 0 Å². The molecule has 2 heteroatoms. The minimum absolute atomic E-state index is 0.0787. The maximum atomic E-state index is 11.9. The first-order valence-corrected chi connectivity index (χ1v) is 5.85. The summed E-state index contributed by atoms with van der Waals surface area (Å²) in [6, 6.07) is 19.5. The molecule has 2 nitrogen and oxygen atoms in total. The van der Waals surface area contributed by atoms with Gasteiger partial charge in [0, 0.05) is 12.6 Å². The van der Waals surface area contributed by atoms with Crippen LogP contribution < -0.4 is 5.32 Å². The molecule has 0 bridgehead atoms. The Morgan fingerprint density at radius 3 is 2.06 bits per heavy atom. The van der Waals surface area contributed by atoms with E-state index in [1.165, 1.54) is 0 Å². The van der Waals surface area contributed by atoms with E-state index in [4.69, 9.17) is 0 Å². The summed E-state index contributed by atoms with van der Waals surface area (Å²) in [4.78, 5) is 11.9. The van der Waals surface area contributed by atoms with Crippen molar-refractivity contribution in [3.05, 3.63) is 71.8 Å². The minimum Gasteiger partial charge on any atom is -0.355 e. The van der Waals surface area contributed by atoms with Crippen molar-refractivity contribution >= 4 is 17.6 Å². The number of carbonyl (C=O) groups is 1. The van der Waals surface area contributed by atoms with Crippen molar-refractivity contribution in [2.24, 2.45) is 0 Å². The average molecular weight is 237 g/mol. The van der Waals surface area contributed by atoms with E-state index >= 15 is 0 Å². The monoisotopic (exact) mass is 237 g/mol. The van der Waals surface area contributed by atoms with Gasteiger partial charge in [-0.2, -0.15) is 0 Å². The third kappa shape index (κ3) is 2.86. The molecule has 2 aromatic rings. The largest absolute Gasteiger partial charge is 0.355 e. The van der Waals surface area contributed by atoms with Crippen LogP contribution in [0, 0.1) is 0 Å². The van der Waals surface area contributed by atoms with Crippen molar-refractivity contribution in [3.63, 3.8) is 0 Å². The Bertz CT molecular complexity index is 544. The first kappa shape index (κ1) is 12.1. The lowest BCUT2D eigenvalue weighted by Gasteiger charge is -2.06. The maximum Gasteiger partial charge on any atom is 0.251 e. The number of likely N-dealkylation sites (N-methyl/N-ethyl adjacent to an activating group) is 1. The van der Waals surface area contributed by atoms with Gasteiger partial charge in [-0.25, -0.2) is 0 Å². The van der Waals surface area contributed by atoms with Gasteiger partial charge in [0.05, 0.1) is 0 Å². The lowest BCUT2D eigenvalue weighted by Crippen LogP contribution is -2.19. The third-order valence-electron chi connectivity index (χ3n) is 2.67. The number of rotatable bonds is 3. The van der Waals surface area contributed by atoms with Crippen molar-refractivity contribution in [1.82, 2.24) is 5.32 Å². The van der Waals surface area contributed by atoms with Crippen molar-refractivity contribution in [1.29, 1.82) is 0 Å². The first-order chi connectivity index (χ1) is 8.81. The highest BCUT2D eigenvalue weighted by atomic mass is 16.1. The van der Waals surface area contributed by atoms with E-state index in [2.05, 4.69) is 5.32 Å². The van der Waals surface area contributed by atoms with Gasteiger partial charge in [0.1, 0.15) is 0 Å². The summed E-state index contributed by atoms with van der Waals surface area (Å²) in [7, 11) is 1.64. The molecular weight excluding hydrogens is 222 g/mol. The smallest absolute Gasteiger partial charge is 0.251 e. The highest BCUT2D eigenvalue weighted by molar-refractivity contribution is 6.24. The zero-order valence-corrected chi connectivity index (χ0v) is 10.3. The van der Waals surface area contributed by atoms with Gasteiger partial charge in [0.25, 0.3) is 5.91 Å². The third-order valence-corrected chi connectivity index (χ3v) is 2.67. The Labute approximate surface area is 107 Å². The number of hydrogen-bond acceptors (Lipinski definition) is 1. The van der Waals surface area contributed by atoms with Crippen LogP contribution in [0.15, 0.2) is 60.7 Å². The lowest BCUT2D eigenvalue weighted by atomic mass is 10.0. The molecule has 0 unspecified atom stereocenters. The van der Waals surface area contributed by atoms with Crippen LogP contribution in [0.3, 0.4) is 0 Å². The van der Waals surface area contributed by atoms with Gasteiger partial charge in [-0.3, -0.25) is 4.79 Å². The molecular formula is C16H15NO. The highest BCUT2D eigenvalue weighted by Crippen LogP contribution is 2.18. The second-order valence-corrected chi connectivity index (χ2v) is 3.91. The van der Waals surface area contributed by atoms with E-state index < -0.39 is 0 Å². The molecule has 1 amide bonds. The Kier molecular flexibility index (Phi) is 3.92. The van der Waals surface area contributed by atoms with Gasteiger partial charge in [-0.05, 0) is 17.2 Å². The number of amides is 1. The molecule has 0 aliphatic heterocycles. The van der Waals surface area contributed by atoms with E-state index in [1.54, 1.807) is 7.05 Å². The zero-order chi connectivity index (χ0) is 12.8. The Balaban J connectivity index is 2.44. The van der Waals surface area contributed by atoms with Crippen LogP contribution in [0.2, 0.25) is 0 Å². The van der Waals surface area contributed by atoms with E-state index in [0.29, 0.717) is 5.57 Å². The lowest BCUT2D eigenvalue weighted by molar-refractivity contribution is -0.115. The molecule has 0 radical (unpaired) electrons. The van der Waals surface area contributed by atoms with Gasteiger partial charge in [0.15, 0.2) is 0 Å². The molecule has 0 saturated heterocycles. The summed E-state index contributed by atoms with van der Waals surface area (Å²) < 4.78 is 0. The maximum absolute atomic E-state index is 11.9. The summed E-state index contributed by atoms with van der Waals surface area (Å²) in [5.74, 6) is -0.0787. The molecule has 0 saturated carbocycles. The fraction of sp³-hybridized carbons (Fsp3) is 0.0625. The fourth-order valence-electron chi connectivity index (χ4n) is 1.75. The van der Waals surface area contributed by atoms with Crippen LogP contribution in [0.1, 0.15) is 11.1 Å². The molecule has 0 fully saturated rings. The SMILES string of the molecule is CNC(=O)/C(=C\c1ccccc1)c1ccccc1. The number of nitrogens with one attached hydrogen (secondary N) is 1. The summed E-state index contributed by atoms with van der Waals surface area (Å²) >= 11 is 0. The topological polar surface area (TPSA) is 29.1 Å². The highest BCUT2D eigenvalue weighted by Gasteiger charge is 2.09. The van der Waals surface area contributed by atoms with Gasteiger partial charge >= 0.3 is 0 Å². The first-order valence-electron chi connectivity index (χ1n) is 5.85. The standard InChI is InChI=1S/C16H15NO/c1-17-16(18)15(14-10-6-3-7-11-14)12-13-8-4-2-5-9-13/h2-12H,1H3,(H,17,18)/b15-12-. The molecule has 0 heterocycles. The molecule has 0 spiro atoms. The predicted molar refractivity (Wildman–Crippen MR) is 74.8 cm³/mol. The molecule has 0 atom stereocenters. The second-order valence-electron chi connectivity index (χ2n) is 3.91. The van der Waals surface area contributed by atoms with Crippen molar-refractivity contribution in [2.75, 3.05) is 7.05 Å². The normalized spacial score (nSPS) is 11.1. The minimum atomic E-state index is -0.0787. The summed E-state index contributed by atoms with van der Waals surface area (Å²) in [6.45, 7) is 0. The molecule has 90 valence electrons. The second kappa shape index (κ2) is 5.82. The van der Waals surface area contributed by atoms with Gasteiger partial charge in [-0.15, -0.1) is 0 Å². The van der Waals surface area contributed by atoms with Crippen LogP contribution in [-0.4, -0.2) is 13.0 Å². The quantitative estimate of drug-likeness (QED) is 0.645. The molecule has 2 aromatic carbocycles. The Morgan fingerprint density at radius 1 is 0.944 bits per heavy atom. The van der Waals surface area contributed by atoms with Crippen molar-refractivity contribution < 1.29 is 4.79 Å². The van der Waals surface area contributed by atoms with Crippen molar-refractivity contribution in [3.8, 4) is 0 Å². The number of benzene rings is 2. The van der Waals surface area contributed by atoms with E-state index in [1.807, 2.05) is 66.7 Å². The summed E-state index contributed by atoms with van der Waals surface area (Å²) in [6.07, 6.45) is 1.90. The summed E-state index contributed by atoms with van der Waals surface area (Å²) in [5.41, 5.74) is 2.60. The molecule has 0 aliphatic rings. The molecule has 0 aliphatic carbocycles. The molecule has 0 aromatic heterocycles.